The van der Waals surface area contributed by atoms with Crippen LogP contribution in [0.4, 0.5) is 4.79 Å². The van der Waals surface area contributed by atoms with Crippen molar-refractivity contribution in [3.63, 3.8) is 0 Å². The molecule has 0 aliphatic carbocycles. The number of hydrogen-bond acceptors (Lipinski definition) is 5. The second-order valence-electron chi connectivity index (χ2n) is 7.98. The number of aliphatic imine (C=N–C) groups is 1. The number of carbonyl (C=O) groups is 2. The maximum absolute atomic E-state index is 12.7. The number of rotatable bonds is 2. The van der Waals surface area contributed by atoms with Crippen LogP contribution in [0.5, 0.6) is 0 Å². The van der Waals surface area contributed by atoms with Gasteiger partial charge in [0.1, 0.15) is 0 Å². The predicted octanol–water partition coefficient (Wildman–Crippen LogP) is 1.77. The van der Waals surface area contributed by atoms with Crippen molar-refractivity contribution in [1.82, 2.24) is 20.0 Å². The Morgan fingerprint density at radius 1 is 1.22 bits per heavy atom. The second-order valence-corrected chi connectivity index (χ2v) is 7.98. The first-order valence-electron chi connectivity index (χ1n) is 9.66. The summed E-state index contributed by atoms with van der Waals surface area (Å²) in [5.74, 6) is 1.29. The minimum absolute atomic E-state index is 0.264. The third-order valence-electron chi connectivity index (χ3n) is 5.84. The third kappa shape index (κ3) is 3.26. The van der Waals surface area contributed by atoms with E-state index >= 15 is 0 Å². The SMILES string of the molecule is Cc1cccc(CN2C(N3CCC(C)CC3)=NC3C2C(=O)NC(=O)N3C)c1. The zero-order valence-corrected chi connectivity index (χ0v) is 16.2. The highest BCUT2D eigenvalue weighted by Gasteiger charge is 2.49. The zero-order valence-electron chi connectivity index (χ0n) is 16.2. The van der Waals surface area contributed by atoms with Gasteiger partial charge in [0.15, 0.2) is 18.2 Å². The molecule has 2 atom stereocenters. The summed E-state index contributed by atoms with van der Waals surface area (Å²) in [4.78, 5) is 35.5. The summed E-state index contributed by atoms with van der Waals surface area (Å²) in [5.41, 5.74) is 2.33. The first kappa shape index (κ1) is 17.8. The standard InChI is InChI=1S/C20H27N5O2/c1-13-7-9-24(10-8-13)19-21-17-16(18(26)22-20(27)23(17)3)25(19)12-15-6-4-5-14(2)11-15/h4-6,11,13,16-17H,7-10,12H2,1-3H3,(H,22,26,27). The van der Waals surface area contributed by atoms with Crippen molar-refractivity contribution in [2.75, 3.05) is 20.1 Å². The number of nitrogens with one attached hydrogen (secondary N) is 1. The molecular weight excluding hydrogens is 342 g/mol. The second kappa shape index (κ2) is 6.87. The van der Waals surface area contributed by atoms with E-state index in [-0.39, 0.29) is 11.9 Å². The average Bonchev–Trinajstić information content (AvgIpc) is 3.00. The summed E-state index contributed by atoms with van der Waals surface area (Å²) in [6.45, 7) is 6.81. The van der Waals surface area contributed by atoms with Crippen LogP contribution in [0.3, 0.4) is 0 Å². The molecule has 4 rings (SSSR count). The van der Waals surface area contributed by atoms with Gasteiger partial charge in [-0.15, -0.1) is 0 Å². The molecule has 1 aromatic rings. The molecule has 2 unspecified atom stereocenters. The fourth-order valence-electron chi connectivity index (χ4n) is 4.16. The summed E-state index contributed by atoms with van der Waals surface area (Å²) in [6, 6.07) is 7.45. The van der Waals surface area contributed by atoms with Gasteiger partial charge in [0.05, 0.1) is 0 Å². The van der Waals surface area contributed by atoms with E-state index in [1.54, 1.807) is 7.05 Å². The molecule has 3 amide bonds. The molecule has 3 aliphatic heterocycles. The molecule has 1 aromatic carbocycles. The van der Waals surface area contributed by atoms with Gasteiger partial charge in [-0.25, -0.2) is 9.79 Å². The molecule has 27 heavy (non-hydrogen) atoms. The van der Waals surface area contributed by atoms with Crippen LogP contribution in [0, 0.1) is 12.8 Å². The molecular formula is C20H27N5O2. The fourth-order valence-corrected chi connectivity index (χ4v) is 4.16. The lowest BCUT2D eigenvalue weighted by molar-refractivity contribution is -0.127. The van der Waals surface area contributed by atoms with Crippen LogP contribution in [-0.2, 0) is 11.3 Å². The summed E-state index contributed by atoms with van der Waals surface area (Å²) in [7, 11) is 1.70. The maximum atomic E-state index is 12.7. The number of benzene rings is 1. The van der Waals surface area contributed by atoms with Gasteiger partial charge in [-0.1, -0.05) is 36.8 Å². The minimum atomic E-state index is -0.484. The summed E-state index contributed by atoms with van der Waals surface area (Å²) in [6.07, 6.45) is 1.77. The number of guanidine groups is 1. The van der Waals surface area contributed by atoms with Crippen molar-refractivity contribution in [2.45, 2.75) is 45.4 Å². The highest BCUT2D eigenvalue weighted by molar-refractivity contribution is 6.03. The number of imide groups is 1. The molecule has 144 valence electrons. The Morgan fingerprint density at radius 2 is 1.96 bits per heavy atom. The molecule has 0 aromatic heterocycles. The molecule has 3 aliphatic rings. The number of piperidine rings is 1. The molecule has 1 N–H and O–H groups in total. The van der Waals surface area contributed by atoms with Crippen LogP contribution >= 0.6 is 0 Å². The number of aryl methyl sites for hydroxylation is 1. The van der Waals surface area contributed by atoms with Gasteiger partial charge in [-0.2, -0.15) is 0 Å². The molecule has 2 saturated heterocycles. The number of carbonyl (C=O) groups excluding carboxylic acids is 2. The number of urea groups is 1. The smallest absolute Gasteiger partial charge is 0.325 e. The number of nitrogens with zero attached hydrogens (tertiary/aromatic N) is 4. The number of likely N-dealkylation sites (tertiary alicyclic amines) is 1. The van der Waals surface area contributed by atoms with E-state index < -0.39 is 12.2 Å². The van der Waals surface area contributed by atoms with Crippen LogP contribution in [0.15, 0.2) is 29.3 Å². The van der Waals surface area contributed by atoms with Crippen LogP contribution < -0.4 is 5.32 Å². The van der Waals surface area contributed by atoms with E-state index in [0.717, 1.165) is 37.5 Å². The van der Waals surface area contributed by atoms with E-state index in [0.29, 0.717) is 12.5 Å². The highest BCUT2D eigenvalue weighted by atomic mass is 16.2. The van der Waals surface area contributed by atoms with Gasteiger partial charge >= 0.3 is 6.03 Å². The Morgan fingerprint density at radius 3 is 2.67 bits per heavy atom. The first-order valence-corrected chi connectivity index (χ1v) is 9.66. The quantitative estimate of drug-likeness (QED) is 0.863. The molecule has 0 saturated carbocycles. The molecule has 7 heteroatoms. The molecule has 3 heterocycles. The largest absolute Gasteiger partial charge is 0.343 e. The average molecular weight is 369 g/mol. The van der Waals surface area contributed by atoms with Crippen LogP contribution in [0.25, 0.3) is 0 Å². The number of amides is 3. The predicted molar refractivity (Wildman–Crippen MR) is 103 cm³/mol. The number of fused-ring (bicyclic) bond motifs is 1. The fraction of sp³-hybridized carbons (Fsp3) is 0.550. The van der Waals surface area contributed by atoms with Gasteiger partial charge in [-0.05, 0) is 31.2 Å². The Labute approximate surface area is 160 Å². The molecule has 2 fully saturated rings. The minimum Gasteiger partial charge on any atom is -0.343 e. The van der Waals surface area contributed by atoms with Gasteiger partial charge in [0.25, 0.3) is 5.91 Å². The summed E-state index contributed by atoms with van der Waals surface area (Å²) in [5, 5.41) is 2.47. The Kier molecular flexibility index (Phi) is 4.53. The number of likely N-dealkylation sites (N-methyl/N-ethyl adjacent to an activating group) is 1. The molecule has 0 bridgehead atoms. The van der Waals surface area contributed by atoms with Gasteiger partial charge < -0.3 is 14.7 Å². The third-order valence-corrected chi connectivity index (χ3v) is 5.84. The Bertz CT molecular complexity index is 784. The van der Waals surface area contributed by atoms with Crippen LogP contribution in [0.2, 0.25) is 0 Å². The zero-order chi connectivity index (χ0) is 19.1. The van der Waals surface area contributed by atoms with E-state index in [1.807, 2.05) is 6.07 Å². The van der Waals surface area contributed by atoms with Crippen molar-refractivity contribution in [3.05, 3.63) is 35.4 Å². The Balaban J connectivity index is 1.66. The number of hydrogen-bond donors (Lipinski definition) is 1. The van der Waals surface area contributed by atoms with Crippen molar-refractivity contribution in [1.29, 1.82) is 0 Å². The molecule has 7 nitrogen and oxygen atoms in total. The van der Waals surface area contributed by atoms with E-state index in [2.05, 4.69) is 47.2 Å². The summed E-state index contributed by atoms with van der Waals surface area (Å²) >= 11 is 0. The van der Waals surface area contributed by atoms with Gasteiger partial charge in [0, 0.05) is 26.7 Å². The lowest BCUT2D eigenvalue weighted by Crippen LogP contribution is -2.64. The van der Waals surface area contributed by atoms with Gasteiger partial charge in [-0.3, -0.25) is 10.1 Å². The monoisotopic (exact) mass is 369 g/mol. The Hall–Kier alpha value is -2.57. The summed E-state index contributed by atoms with van der Waals surface area (Å²) < 4.78 is 0. The van der Waals surface area contributed by atoms with E-state index in [9.17, 15) is 9.59 Å². The van der Waals surface area contributed by atoms with Crippen molar-refractivity contribution >= 4 is 17.9 Å². The first-order chi connectivity index (χ1) is 12.9. The molecule has 0 spiro atoms. The topological polar surface area (TPSA) is 68.2 Å². The lowest BCUT2D eigenvalue weighted by Gasteiger charge is -2.39. The van der Waals surface area contributed by atoms with Crippen molar-refractivity contribution in [2.24, 2.45) is 10.9 Å². The van der Waals surface area contributed by atoms with E-state index in [1.165, 1.54) is 10.5 Å². The van der Waals surface area contributed by atoms with E-state index in [4.69, 9.17) is 4.99 Å². The highest BCUT2D eigenvalue weighted by Crippen LogP contribution is 2.29. The van der Waals surface area contributed by atoms with Gasteiger partial charge in [0.2, 0.25) is 0 Å². The maximum Gasteiger partial charge on any atom is 0.325 e. The molecule has 0 radical (unpaired) electrons. The van der Waals surface area contributed by atoms with Crippen molar-refractivity contribution in [3.8, 4) is 0 Å². The van der Waals surface area contributed by atoms with Crippen LogP contribution in [-0.4, -0.2) is 64.9 Å². The lowest BCUT2D eigenvalue weighted by atomic mass is 9.99. The van der Waals surface area contributed by atoms with Crippen molar-refractivity contribution < 1.29 is 9.59 Å². The normalized spacial score (nSPS) is 26.2. The van der Waals surface area contributed by atoms with Crippen LogP contribution in [0.1, 0.15) is 30.9 Å².